The number of aliphatic hydroxyl groups excluding tert-OH is 1. The largest absolute Gasteiger partial charge is 0.472 e. The number of carbonyl (C=O) groups excluding carboxylic acids is 4. The zero-order valence-electron chi connectivity index (χ0n) is 69.4. The fourth-order valence-corrected chi connectivity index (χ4v) is 14.8. The molecule has 0 rings (SSSR count). The van der Waals surface area contributed by atoms with Crippen molar-refractivity contribution in [2.24, 2.45) is 23.7 Å². The lowest BCUT2D eigenvalue weighted by atomic mass is 9.99. The van der Waals surface area contributed by atoms with Gasteiger partial charge in [-0.25, -0.2) is 9.13 Å². The van der Waals surface area contributed by atoms with E-state index in [1.54, 1.807) is 0 Å². The number of unbranched alkanes of at least 4 members (excludes halogenated alkanes) is 47. The molecule has 3 N–H and O–H groups in total. The van der Waals surface area contributed by atoms with Gasteiger partial charge in [0.2, 0.25) is 0 Å². The van der Waals surface area contributed by atoms with Crippen molar-refractivity contribution in [3.63, 3.8) is 0 Å². The second-order valence-electron chi connectivity index (χ2n) is 32.4. The fraction of sp³-hybridized carbons (Fsp3) is 0.953. The lowest BCUT2D eigenvalue weighted by molar-refractivity contribution is -0.161. The van der Waals surface area contributed by atoms with Crippen molar-refractivity contribution >= 4 is 39.5 Å². The molecule has 0 aromatic carbocycles. The zero-order valence-corrected chi connectivity index (χ0v) is 71.2. The molecule has 0 aromatic heterocycles. The SMILES string of the molecule is CCC(C)CCCCCCCCCCCCCCCCCCCCC(=O)O[C@H](COC(=O)CCCCCCCCCCCCCCCCC(C)CC)COP(=O)(O)OC[C@@H](O)COP(=O)(O)OC[C@@H](COC(=O)CCCCCCCCC(C)C)OC(=O)CCCCCCCCCCCCCCCC(C)C. The highest BCUT2D eigenvalue weighted by Crippen LogP contribution is 2.45. The molecule has 0 aliphatic carbocycles. The van der Waals surface area contributed by atoms with Crippen LogP contribution in [0.5, 0.6) is 0 Å². The summed E-state index contributed by atoms with van der Waals surface area (Å²) in [5.74, 6) is 1.08. The molecule has 0 fully saturated rings. The van der Waals surface area contributed by atoms with E-state index in [1.807, 2.05) is 0 Å². The third-order valence-corrected chi connectivity index (χ3v) is 22.7. The Morgan fingerprint density at radius 1 is 0.267 bits per heavy atom. The van der Waals surface area contributed by atoms with Gasteiger partial charge in [0.1, 0.15) is 19.3 Å². The number of phosphoric ester groups is 2. The van der Waals surface area contributed by atoms with E-state index in [0.29, 0.717) is 31.6 Å². The molecule has 0 spiro atoms. The molecule has 17 nitrogen and oxygen atoms in total. The minimum atomic E-state index is -4.97. The van der Waals surface area contributed by atoms with Crippen molar-refractivity contribution in [1.82, 2.24) is 0 Å². The maximum Gasteiger partial charge on any atom is 0.472 e. The highest BCUT2D eigenvalue weighted by atomic mass is 31.2. The van der Waals surface area contributed by atoms with Gasteiger partial charge in [-0.3, -0.25) is 37.3 Å². The lowest BCUT2D eigenvalue weighted by Gasteiger charge is -2.21. The predicted molar refractivity (Wildman–Crippen MR) is 432 cm³/mol. The first-order valence-corrected chi connectivity index (χ1v) is 47.3. The van der Waals surface area contributed by atoms with Gasteiger partial charge < -0.3 is 33.8 Å². The van der Waals surface area contributed by atoms with Crippen LogP contribution in [-0.2, 0) is 65.4 Å². The Bertz CT molecular complexity index is 2050. The second-order valence-corrected chi connectivity index (χ2v) is 35.3. The van der Waals surface area contributed by atoms with Gasteiger partial charge in [-0.1, -0.05) is 396 Å². The molecule has 105 heavy (non-hydrogen) atoms. The summed E-state index contributed by atoms with van der Waals surface area (Å²) < 4.78 is 68.8. The molecule has 0 saturated carbocycles. The Labute approximate surface area is 645 Å². The van der Waals surface area contributed by atoms with Crippen molar-refractivity contribution in [2.75, 3.05) is 39.6 Å². The van der Waals surface area contributed by atoms with Crippen LogP contribution in [-0.4, -0.2) is 96.7 Å². The predicted octanol–water partition coefficient (Wildman–Crippen LogP) is 25.9. The average molecular weight is 1540 g/mol. The van der Waals surface area contributed by atoms with Crippen LogP contribution >= 0.6 is 15.6 Å². The molecule has 0 saturated heterocycles. The maximum absolute atomic E-state index is 13.1. The molecule has 0 amide bonds. The minimum absolute atomic E-state index is 0.106. The fourth-order valence-electron chi connectivity index (χ4n) is 13.3. The first-order valence-electron chi connectivity index (χ1n) is 44.3. The lowest BCUT2D eigenvalue weighted by Crippen LogP contribution is -2.30. The summed E-state index contributed by atoms with van der Waals surface area (Å²) in [5.41, 5.74) is 0. The molecule has 0 aromatic rings. The summed E-state index contributed by atoms with van der Waals surface area (Å²) in [6, 6.07) is 0. The van der Waals surface area contributed by atoms with Crippen molar-refractivity contribution in [3.8, 4) is 0 Å². The summed E-state index contributed by atoms with van der Waals surface area (Å²) in [4.78, 5) is 73.2. The molecule has 7 atom stereocenters. The van der Waals surface area contributed by atoms with E-state index < -0.39 is 97.5 Å². The monoisotopic (exact) mass is 1540 g/mol. The number of esters is 4. The molecule has 0 radical (unpaired) electrons. The Morgan fingerprint density at radius 2 is 0.457 bits per heavy atom. The van der Waals surface area contributed by atoms with Crippen molar-refractivity contribution in [3.05, 3.63) is 0 Å². The first-order chi connectivity index (χ1) is 50.7. The van der Waals surface area contributed by atoms with Crippen molar-refractivity contribution in [2.45, 2.75) is 465 Å². The van der Waals surface area contributed by atoms with Gasteiger partial charge in [-0.2, -0.15) is 0 Å². The molecule has 19 heteroatoms. The summed E-state index contributed by atoms with van der Waals surface area (Å²) in [5, 5.41) is 10.7. The summed E-state index contributed by atoms with van der Waals surface area (Å²) in [6.07, 6.45) is 64.0. The van der Waals surface area contributed by atoms with Crippen LogP contribution in [0.25, 0.3) is 0 Å². The van der Waals surface area contributed by atoms with E-state index in [1.165, 1.54) is 244 Å². The van der Waals surface area contributed by atoms with Crippen LogP contribution in [0.15, 0.2) is 0 Å². The summed E-state index contributed by atoms with van der Waals surface area (Å²) >= 11 is 0. The third kappa shape index (κ3) is 77.2. The van der Waals surface area contributed by atoms with Crippen LogP contribution in [0.2, 0.25) is 0 Å². The number of carbonyl (C=O) groups is 4. The van der Waals surface area contributed by atoms with Gasteiger partial charge in [0.05, 0.1) is 26.4 Å². The molecule has 0 aliphatic heterocycles. The zero-order chi connectivity index (χ0) is 77.4. The van der Waals surface area contributed by atoms with Gasteiger partial charge in [-0.15, -0.1) is 0 Å². The highest BCUT2D eigenvalue weighted by Gasteiger charge is 2.31. The standard InChI is InChI=1S/C86H168O17P2/c1-9-78(7)64-56-48-39-33-27-21-15-13-11-12-14-16-24-30-36-42-52-60-68-85(90)102-81(72-96-83(88)66-58-50-41-35-29-23-18-17-22-28-34-40-49-57-65-79(8)10-2)74-100-104(92,93)98-70-80(87)71-99-105(94,95)101-75-82(73-97-84(89)67-59-51-45-44-47-55-63-77(5)6)103-86(91)69-61-53-43-37-31-25-19-20-26-32-38-46-54-62-76(3)4/h76-82,87H,9-75H2,1-8H3,(H,92,93)(H,94,95)/t78?,79?,80-,81-,82-/m1/s1. The molecular formula is C86H168O17P2. The van der Waals surface area contributed by atoms with E-state index in [0.717, 1.165) is 114 Å². The summed E-state index contributed by atoms with van der Waals surface area (Å²) in [7, 11) is -9.93. The Balaban J connectivity index is 5.22. The summed E-state index contributed by atoms with van der Waals surface area (Å²) in [6.45, 7) is 14.3. The van der Waals surface area contributed by atoms with Gasteiger partial charge >= 0.3 is 39.5 Å². The number of phosphoric acid groups is 2. The van der Waals surface area contributed by atoms with Crippen molar-refractivity contribution < 1.29 is 80.2 Å². The third-order valence-electron chi connectivity index (χ3n) is 20.8. The average Bonchev–Trinajstić information content (AvgIpc) is 0.922. The van der Waals surface area contributed by atoms with E-state index >= 15 is 0 Å². The van der Waals surface area contributed by atoms with Crippen LogP contribution < -0.4 is 0 Å². The molecule has 0 heterocycles. The van der Waals surface area contributed by atoms with Gasteiger partial charge in [0, 0.05) is 25.7 Å². The van der Waals surface area contributed by atoms with E-state index in [2.05, 4.69) is 55.4 Å². The van der Waals surface area contributed by atoms with E-state index in [4.69, 9.17) is 37.0 Å². The topological polar surface area (TPSA) is 237 Å². The Morgan fingerprint density at radius 3 is 0.676 bits per heavy atom. The Kier molecular flexibility index (Phi) is 73.4. The van der Waals surface area contributed by atoms with Gasteiger partial charge in [0.15, 0.2) is 12.2 Å². The quantitative estimate of drug-likeness (QED) is 0.0222. The van der Waals surface area contributed by atoms with E-state index in [-0.39, 0.29) is 25.7 Å². The van der Waals surface area contributed by atoms with E-state index in [9.17, 15) is 43.2 Å². The van der Waals surface area contributed by atoms with Crippen LogP contribution in [0.4, 0.5) is 0 Å². The second kappa shape index (κ2) is 74.8. The molecule has 4 unspecified atom stereocenters. The number of hydrogen-bond donors (Lipinski definition) is 3. The molecule has 0 bridgehead atoms. The Hall–Kier alpha value is -1.94. The number of rotatable bonds is 83. The van der Waals surface area contributed by atoms with Gasteiger partial charge in [0.25, 0.3) is 0 Å². The molecule has 624 valence electrons. The van der Waals surface area contributed by atoms with Gasteiger partial charge in [-0.05, 0) is 49.4 Å². The normalized spacial score (nSPS) is 14.4. The van der Waals surface area contributed by atoms with Crippen molar-refractivity contribution in [1.29, 1.82) is 0 Å². The van der Waals surface area contributed by atoms with Crippen LogP contribution in [0.1, 0.15) is 447 Å². The first kappa shape index (κ1) is 103. The number of ether oxygens (including phenoxy) is 4. The molecule has 0 aliphatic rings. The minimum Gasteiger partial charge on any atom is -0.462 e. The smallest absolute Gasteiger partial charge is 0.462 e. The highest BCUT2D eigenvalue weighted by molar-refractivity contribution is 7.47. The maximum atomic E-state index is 13.1. The number of hydrogen-bond acceptors (Lipinski definition) is 15. The van der Waals surface area contributed by atoms with Crippen LogP contribution in [0, 0.1) is 23.7 Å². The number of aliphatic hydroxyl groups is 1. The van der Waals surface area contributed by atoms with Crippen LogP contribution in [0.3, 0.4) is 0 Å². The molecular weight excluding hydrogens is 1370 g/mol.